The van der Waals surface area contributed by atoms with Gasteiger partial charge in [0.1, 0.15) is 19.0 Å². The number of piperidine rings is 1. The molecule has 166 valence electrons. The predicted molar refractivity (Wildman–Crippen MR) is 116 cm³/mol. The van der Waals surface area contributed by atoms with Crippen molar-refractivity contribution in [2.45, 2.75) is 24.2 Å². The van der Waals surface area contributed by atoms with Gasteiger partial charge in [-0.1, -0.05) is 18.0 Å². The van der Waals surface area contributed by atoms with E-state index in [9.17, 15) is 13.2 Å². The van der Waals surface area contributed by atoms with E-state index in [0.717, 1.165) is 19.3 Å². The highest BCUT2D eigenvalue weighted by atomic mass is 35.5. The minimum atomic E-state index is -3.50. The second kappa shape index (κ2) is 9.33. The molecule has 0 bridgehead atoms. The number of ether oxygens (including phenoxy) is 3. The van der Waals surface area contributed by atoms with Crippen molar-refractivity contribution in [1.82, 2.24) is 4.31 Å². The molecule has 2 heterocycles. The van der Waals surface area contributed by atoms with Crippen LogP contribution >= 0.6 is 11.6 Å². The zero-order valence-electron chi connectivity index (χ0n) is 16.8. The lowest BCUT2D eigenvalue weighted by atomic mass is 10.2. The largest absolute Gasteiger partial charge is 0.486 e. The number of anilines is 1. The highest BCUT2D eigenvalue weighted by Gasteiger charge is 2.25. The van der Waals surface area contributed by atoms with Crippen LogP contribution in [0.4, 0.5) is 5.69 Å². The molecule has 1 fully saturated rings. The van der Waals surface area contributed by atoms with Gasteiger partial charge in [0, 0.05) is 25.2 Å². The molecule has 1 amide bonds. The molecule has 0 aliphatic carbocycles. The summed E-state index contributed by atoms with van der Waals surface area (Å²) in [6, 6.07) is 9.27. The Morgan fingerprint density at radius 2 is 1.68 bits per heavy atom. The Morgan fingerprint density at radius 1 is 1.03 bits per heavy atom. The average molecular weight is 467 g/mol. The van der Waals surface area contributed by atoms with E-state index >= 15 is 0 Å². The summed E-state index contributed by atoms with van der Waals surface area (Å²) >= 11 is 6.19. The van der Waals surface area contributed by atoms with E-state index in [4.69, 9.17) is 25.8 Å². The zero-order chi connectivity index (χ0) is 21.8. The molecule has 0 radical (unpaired) electrons. The number of nitrogens with one attached hydrogen (secondary N) is 1. The minimum absolute atomic E-state index is 0.217. The molecule has 2 aromatic carbocycles. The Bertz CT molecular complexity index is 1050. The number of halogens is 1. The molecule has 0 aromatic heterocycles. The van der Waals surface area contributed by atoms with Crippen molar-refractivity contribution in [3.05, 3.63) is 41.4 Å². The number of hydrogen-bond acceptors (Lipinski definition) is 6. The van der Waals surface area contributed by atoms with E-state index in [2.05, 4.69) is 5.32 Å². The fourth-order valence-corrected chi connectivity index (χ4v) is 5.18. The van der Waals surface area contributed by atoms with Gasteiger partial charge in [0.05, 0.1) is 15.6 Å². The van der Waals surface area contributed by atoms with E-state index in [1.54, 1.807) is 24.3 Å². The highest BCUT2D eigenvalue weighted by Crippen LogP contribution is 2.37. The summed E-state index contributed by atoms with van der Waals surface area (Å²) in [5.41, 5.74) is 0.391. The number of hydrogen-bond donors (Lipinski definition) is 1. The van der Waals surface area contributed by atoms with Crippen LogP contribution in [0.25, 0.3) is 0 Å². The summed E-state index contributed by atoms with van der Waals surface area (Å²) in [7, 11) is -3.50. The molecule has 31 heavy (non-hydrogen) atoms. The predicted octanol–water partition coefficient (Wildman–Crippen LogP) is 3.30. The minimum Gasteiger partial charge on any atom is -0.486 e. The summed E-state index contributed by atoms with van der Waals surface area (Å²) in [6.45, 7) is 1.70. The molecule has 2 aliphatic heterocycles. The van der Waals surface area contributed by atoms with Crippen molar-refractivity contribution in [1.29, 1.82) is 0 Å². The average Bonchev–Trinajstić information content (AvgIpc) is 2.79. The van der Waals surface area contributed by atoms with Crippen molar-refractivity contribution in [2.24, 2.45) is 0 Å². The monoisotopic (exact) mass is 466 g/mol. The number of nitrogens with zero attached hydrogens (tertiary/aromatic N) is 1. The van der Waals surface area contributed by atoms with Crippen LogP contribution in [0.5, 0.6) is 17.2 Å². The summed E-state index contributed by atoms with van der Waals surface area (Å²) in [4.78, 5) is 12.5. The maximum Gasteiger partial charge on any atom is 0.262 e. The third-order valence-electron chi connectivity index (χ3n) is 5.05. The normalized spacial score (nSPS) is 16.5. The van der Waals surface area contributed by atoms with Gasteiger partial charge in [-0.3, -0.25) is 4.79 Å². The van der Waals surface area contributed by atoms with Crippen LogP contribution in [-0.2, 0) is 14.8 Å². The molecule has 2 aromatic rings. The molecule has 10 heteroatoms. The first-order valence-corrected chi connectivity index (χ1v) is 11.9. The summed E-state index contributed by atoms with van der Waals surface area (Å²) in [5.74, 6) is 1.02. The molecule has 0 saturated carbocycles. The fourth-order valence-electron chi connectivity index (χ4n) is 3.46. The number of rotatable bonds is 6. The second-order valence-electron chi connectivity index (χ2n) is 7.25. The second-order valence-corrected chi connectivity index (χ2v) is 9.59. The van der Waals surface area contributed by atoms with Gasteiger partial charge in [-0.25, -0.2) is 8.42 Å². The van der Waals surface area contributed by atoms with Crippen molar-refractivity contribution >= 4 is 33.2 Å². The SMILES string of the molecule is O=C(COc1ccc(S(=O)(=O)N2CCCCC2)cc1)Nc1cc2c(cc1Cl)OCCO2. The zero-order valence-corrected chi connectivity index (χ0v) is 18.4. The van der Waals surface area contributed by atoms with Crippen LogP contribution in [0.2, 0.25) is 5.02 Å². The van der Waals surface area contributed by atoms with Gasteiger partial charge in [0.25, 0.3) is 5.91 Å². The Morgan fingerprint density at radius 3 is 2.35 bits per heavy atom. The lowest BCUT2D eigenvalue weighted by Gasteiger charge is -2.25. The van der Waals surface area contributed by atoms with E-state index in [1.807, 2.05) is 0 Å². The van der Waals surface area contributed by atoms with E-state index in [0.29, 0.717) is 54.3 Å². The Labute approximate surface area is 186 Å². The molecule has 2 aliphatic rings. The molecular weight excluding hydrogens is 444 g/mol. The quantitative estimate of drug-likeness (QED) is 0.702. The smallest absolute Gasteiger partial charge is 0.262 e. The van der Waals surface area contributed by atoms with Crippen molar-refractivity contribution in [2.75, 3.05) is 38.2 Å². The summed E-state index contributed by atoms with van der Waals surface area (Å²) in [6.07, 6.45) is 2.81. The third kappa shape index (κ3) is 5.06. The Hall–Kier alpha value is -2.49. The standard InChI is InChI=1S/C21H23ClN2O6S/c22-17-12-19-20(29-11-10-28-19)13-18(17)23-21(25)14-30-15-4-6-16(7-5-15)31(26,27)24-8-2-1-3-9-24/h4-7,12-13H,1-3,8-11,14H2,(H,23,25). The number of carbonyl (C=O) groups is 1. The van der Waals surface area contributed by atoms with Crippen LogP contribution in [0.1, 0.15) is 19.3 Å². The molecular formula is C21H23ClN2O6S. The van der Waals surface area contributed by atoms with Crippen LogP contribution in [0, 0.1) is 0 Å². The van der Waals surface area contributed by atoms with Gasteiger partial charge >= 0.3 is 0 Å². The van der Waals surface area contributed by atoms with Crippen LogP contribution in [-0.4, -0.2) is 51.5 Å². The van der Waals surface area contributed by atoms with Crippen LogP contribution in [0.15, 0.2) is 41.3 Å². The molecule has 1 N–H and O–H groups in total. The number of amides is 1. The lowest BCUT2D eigenvalue weighted by Crippen LogP contribution is -2.35. The molecule has 4 rings (SSSR count). The van der Waals surface area contributed by atoms with Crippen molar-refractivity contribution in [3.63, 3.8) is 0 Å². The third-order valence-corrected chi connectivity index (χ3v) is 7.28. The van der Waals surface area contributed by atoms with E-state index < -0.39 is 15.9 Å². The van der Waals surface area contributed by atoms with Crippen LogP contribution in [0.3, 0.4) is 0 Å². The first kappa shape index (κ1) is 21.7. The summed E-state index contributed by atoms with van der Waals surface area (Å²) < 4.78 is 43.3. The van der Waals surface area contributed by atoms with Gasteiger partial charge in [-0.15, -0.1) is 0 Å². The maximum atomic E-state index is 12.7. The number of benzene rings is 2. The van der Waals surface area contributed by atoms with Gasteiger partial charge in [-0.05, 0) is 37.1 Å². The lowest BCUT2D eigenvalue weighted by molar-refractivity contribution is -0.118. The molecule has 8 nitrogen and oxygen atoms in total. The highest BCUT2D eigenvalue weighted by molar-refractivity contribution is 7.89. The van der Waals surface area contributed by atoms with Gasteiger partial charge in [0.15, 0.2) is 18.1 Å². The van der Waals surface area contributed by atoms with Gasteiger partial charge in [0.2, 0.25) is 10.0 Å². The Kier molecular flexibility index (Phi) is 6.54. The molecule has 1 saturated heterocycles. The topological polar surface area (TPSA) is 94.2 Å². The summed E-state index contributed by atoms with van der Waals surface area (Å²) in [5, 5.41) is 3.00. The van der Waals surface area contributed by atoms with Crippen molar-refractivity contribution < 1.29 is 27.4 Å². The molecule has 0 atom stereocenters. The van der Waals surface area contributed by atoms with Crippen LogP contribution < -0.4 is 19.5 Å². The Balaban J connectivity index is 1.35. The van der Waals surface area contributed by atoms with E-state index in [1.165, 1.54) is 16.4 Å². The number of sulfonamides is 1. The first-order chi connectivity index (χ1) is 14.9. The van der Waals surface area contributed by atoms with Crippen molar-refractivity contribution in [3.8, 4) is 17.2 Å². The van der Waals surface area contributed by atoms with E-state index in [-0.39, 0.29) is 11.5 Å². The first-order valence-electron chi connectivity index (χ1n) is 10.1. The molecule has 0 spiro atoms. The maximum absolute atomic E-state index is 12.7. The number of fused-ring (bicyclic) bond motifs is 1. The number of carbonyl (C=O) groups excluding carboxylic acids is 1. The fraction of sp³-hybridized carbons (Fsp3) is 0.381. The van der Waals surface area contributed by atoms with Gasteiger partial charge < -0.3 is 19.5 Å². The molecule has 0 unspecified atom stereocenters. The van der Waals surface area contributed by atoms with Gasteiger partial charge in [-0.2, -0.15) is 4.31 Å².